The second-order valence-corrected chi connectivity index (χ2v) is 7.05. The molecule has 10 heteroatoms. The van der Waals surface area contributed by atoms with E-state index in [1.807, 2.05) is 0 Å². The van der Waals surface area contributed by atoms with Crippen LogP contribution in [0.4, 0.5) is 0 Å². The van der Waals surface area contributed by atoms with E-state index in [2.05, 4.69) is 56.0 Å². The molecule has 0 amide bonds. The molecule has 28 heavy (non-hydrogen) atoms. The summed E-state index contributed by atoms with van der Waals surface area (Å²) in [5.41, 5.74) is 0. The summed E-state index contributed by atoms with van der Waals surface area (Å²) in [5, 5.41) is 16.8. The Labute approximate surface area is 171 Å². The van der Waals surface area contributed by atoms with Gasteiger partial charge in [-0.05, 0) is 57.5 Å². The molecule has 3 N–H and O–H groups in total. The van der Waals surface area contributed by atoms with Crippen molar-refractivity contribution in [3.63, 3.8) is 0 Å². The van der Waals surface area contributed by atoms with E-state index < -0.39 is 17.4 Å². The molecular weight excluding hydrogens is 383 g/mol. The van der Waals surface area contributed by atoms with Gasteiger partial charge in [0.1, 0.15) is 5.75 Å². The maximum atomic E-state index is 10.6. The van der Waals surface area contributed by atoms with Crippen molar-refractivity contribution >= 4 is 17.4 Å². The third kappa shape index (κ3) is 14.8. The average Bonchev–Trinajstić information content (AvgIpc) is 2.65. The number of nitrogens with zero attached hydrogens (tertiary/aromatic N) is 2. The number of hydrogen-bond acceptors (Lipinski definition) is 7. The summed E-state index contributed by atoms with van der Waals surface area (Å²) < 4.78 is 34.3. The fourth-order valence-electron chi connectivity index (χ4n) is 2.17. The molecule has 0 aromatic heterocycles. The third-order valence-corrected chi connectivity index (χ3v) is 4.88. The average molecular weight is 420 g/mol. The van der Waals surface area contributed by atoms with E-state index in [0.717, 1.165) is 12.1 Å². The van der Waals surface area contributed by atoms with Gasteiger partial charge in [-0.25, -0.2) is 0 Å². The van der Waals surface area contributed by atoms with Gasteiger partial charge in [-0.15, -0.1) is 0 Å². The first-order chi connectivity index (χ1) is 13.1. The summed E-state index contributed by atoms with van der Waals surface area (Å²) in [6, 6.07) is 4.72. The molecule has 0 aliphatic carbocycles. The highest BCUT2D eigenvalue weighted by Crippen LogP contribution is 2.17. The molecule has 0 saturated carbocycles. The summed E-state index contributed by atoms with van der Waals surface area (Å²) in [4.78, 5) is 4.37. The van der Waals surface area contributed by atoms with Gasteiger partial charge >= 0.3 is 7.32 Å². The number of hydrogen-bond donors (Lipinski definition) is 3. The largest absolute Gasteiger partial charge is 0.707 e. The zero-order valence-electron chi connectivity index (χ0n) is 18.0. The van der Waals surface area contributed by atoms with Crippen molar-refractivity contribution in [3.05, 3.63) is 24.3 Å². The maximum absolute atomic E-state index is 10.6. The Morgan fingerprint density at radius 3 is 1.50 bits per heavy atom. The van der Waals surface area contributed by atoms with E-state index in [1.165, 1.54) is 51.4 Å². The lowest BCUT2D eigenvalue weighted by molar-refractivity contribution is 0.287. The van der Waals surface area contributed by atoms with E-state index in [1.54, 1.807) is 0 Å². The van der Waals surface area contributed by atoms with Crippen molar-refractivity contribution in [2.24, 2.45) is 0 Å². The molecule has 164 valence electrons. The fraction of sp³-hybridized carbons (Fsp3) is 0.667. The highest BCUT2D eigenvalue weighted by molar-refractivity contribution is 7.85. The van der Waals surface area contributed by atoms with Crippen LogP contribution in [0.25, 0.3) is 0 Å². The Morgan fingerprint density at radius 1 is 0.857 bits per heavy atom. The van der Waals surface area contributed by atoms with Crippen LogP contribution in [-0.4, -0.2) is 79.4 Å². The quantitative estimate of drug-likeness (QED) is 0.411. The van der Waals surface area contributed by atoms with Gasteiger partial charge < -0.3 is 24.5 Å². The Kier molecular flexibility index (Phi) is 17.4. The molecule has 1 aromatic rings. The Balaban J connectivity index is 0. The lowest BCUT2D eigenvalue weighted by atomic mass is 10.2. The Morgan fingerprint density at radius 2 is 1.25 bits per heavy atom. The van der Waals surface area contributed by atoms with Crippen LogP contribution in [0.3, 0.4) is 0 Å². The van der Waals surface area contributed by atoms with Crippen LogP contribution in [0.1, 0.15) is 41.5 Å². The Bertz CT molecular complexity index is 570. The second kappa shape index (κ2) is 16.8. The van der Waals surface area contributed by atoms with Crippen molar-refractivity contribution in [1.82, 2.24) is 9.80 Å². The topological polar surface area (TPSA) is 111 Å². The Hall–Kier alpha value is -1.17. The van der Waals surface area contributed by atoms with Crippen molar-refractivity contribution in [2.75, 3.05) is 39.3 Å². The molecule has 0 heterocycles. The minimum Gasteiger partial charge on any atom is -0.512 e. The van der Waals surface area contributed by atoms with Crippen LogP contribution < -0.4 is 4.65 Å². The van der Waals surface area contributed by atoms with Gasteiger partial charge in [-0.2, -0.15) is 8.42 Å². The monoisotopic (exact) mass is 420 g/mol. The molecule has 0 spiro atoms. The van der Waals surface area contributed by atoms with Gasteiger partial charge in [0.25, 0.3) is 10.1 Å². The SMILES string of the molecule is CCN(CC)CC.CCN(CC)CC.O=S(=O)(O)c1cccc(OB(O)O)c1. The smallest absolute Gasteiger partial charge is 0.512 e. The van der Waals surface area contributed by atoms with E-state index in [-0.39, 0.29) is 10.6 Å². The van der Waals surface area contributed by atoms with Gasteiger partial charge in [0.05, 0.1) is 4.90 Å². The molecule has 1 aromatic carbocycles. The van der Waals surface area contributed by atoms with Gasteiger partial charge in [0.2, 0.25) is 0 Å². The van der Waals surface area contributed by atoms with Crippen LogP contribution in [-0.2, 0) is 10.1 Å². The van der Waals surface area contributed by atoms with E-state index in [4.69, 9.17) is 14.6 Å². The minimum absolute atomic E-state index is 0.0740. The van der Waals surface area contributed by atoms with Crippen LogP contribution in [0.5, 0.6) is 5.75 Å². The van der Waals surface area contributed by atoms with Gasteiger partial charge in [-0.1, -0.05) is 47.6 Å². The summed E-state index contributed by atoms with van der Waals surface area (Å²) in [7, 11) is -6.34. The molecule has 0 aliphatic heterocycles. The van der Waals surface area contributed by atoms with Gasteiger partial charge in [-0.3, -0.25) is 4.55 Å². The first-order valence-electron chi connectivity index (χ1n) is 9.64. The summed E-state index contributed by atoms with van der Waals surface area (Å²) >= 11 is 0. The zero-order valence-corrected chi connectivity index (χ0v) is 18.8. The van der Waals surface area contributed by atoms with Crippen LogP contribution in [0.2, 0.25) is 0 Å². The molecule has 0 fully saturated rings. The van der Waals surface area contributed by atoms with Crippen LogP contribution >= 0.6 is 0 Å². The highest BCUT2D eigenvalue weighted by atomic mass is 32.2. The fourth-order valence-corrected chi connectivity index (χ4v) is 2.69. The molecule has 0 saturated heterocycles. The van der Waals surface area contributed by atoms with E-state index in [9.17, 15) is 8.42 Å². The van der Waals surface area contributed by atoms with Crippen molar-refractivity contribution < 1.29 is 27.7 Å². The predicted molar refractivity (Wildman–Crippen MR) is 114 cm³/mol. The normalized spacial score (nSPS) is 10.7. The summed E-state index contributed by atoms with van der Waals surface area (Å²) in [6.45, 7) is 20.2. The van der Waals surface area contributed by atoms with Gasteiger partial charge in [0, 0.05) is 0 Å². The van der Waals surface area contributed by atoms with E-state index >= 15 is 0 Å². The first-order valence-corrected chi connectivity index (χ1v) is 11.1. The number of rotatable bonds is 9. The van der Waals surface area contributed by atoms with Crippen LogP contribution in [0.15, 0.2) is 29.2 Å². The first kappa shape index (κ1) is 29.0. The second-order valence-electron chi connectivity index (χ2n) is 5.63. The molecule has 8 nitrogen and oxygen atoms in total. The van der Waals surface area contributed by atoms with Crippen LogP contribution in [0, 0.1) is 0 Å². The molecule has 1 rings (SSSR count). The van der Waals surface area contributed by atoms with Crippen molar-refractivity contribution in [2.45, 2.75) is 46.4 Å². The maximum Gasteiger partial charge on any atom is 0.707 e. The van der Waals surface area contributed by atoms with Crippen molar-refractivity contribution in [3.8, 4) is 5.75 Å². The molecule has 0 radical (unpaired) electrons. The highest BCUT2D eigenvalue weighted by Gasteiger charge is 2.14. The van der Waals surface area contributed by atoms with Crippen molar-refractivity contribution in [1.29, 1.82) is 0 Å². The minimum atomic E-state index is -4.30. The third-order valence-electron chi connectivity index (χ3n) is 4.03. The molecule has 0 bridgehead atoms. The molecular formula is C18H37BN2O6S. The summed E-state index contributed by atoms with van der Waals surface area (Å²) in [6.07, 6.45) is 0. The summed E-state index contributed by atoms with van der Waals surface area (Å²) in [5.74, 6) is -0.0740. The van der Waals surface area contributed by atoms with Gasteiger partial charge in [0.15, 0.2) is 0 Å². The molecule has 0 atom stereocenters. The zero-order chi connectivity index (χ0) is 22.2. The van der Waals surface area contributed by atoms with E-state index in [0.29, 0.717) is 0 Å². The predicted octanol–water partition coefficient (Wildman–Crippen LogP) is 1.98. The lowest BCUT2D eigenvalue weighted by Crippen LogP contribution is -2.21. The lowest BCUT2D eigenvalue weighted by Gasteiger charge is -2.13. The number of benzene rings is 1. The molecule has 0 aliphatic rings. The standard InChI is InChI=1S/C6H7BO6S.2C6H15N/c8-7(9)13-5-2-1-3-6(4-5)14(10,11)12;2*1-4-7(5-2)6-3/h1-4,8-9H,(H,10,11,12);2*4-6H2,1-3H3. The molecule has 0 unspecified atom stereocenters.